The summed E-state index contributed by atoms with van der Waals surface area (Å²) in [6.07, 6.45) is 3.41. The van der Waals surface area contributed by atoms with Crippen LogP contribution in [0.3, 0.4) is 0 Å². The van der Waals surface area contributed by atoms with Crippen molar-refractivity contribution in [2.24, 2.45) is 5.41 Å². The number of amides is 1. The molecule has 134 valence electrons. The number of carbonyl (C=O) groups is 1. The van der Waals surface area contributed by atoms with Gasteiger partial charge >= 0.3 is 0 Å². The number of carbonyl (C=O) groups excluding carboxylic acids is 1. The van der Waals surface area contributed by atoms with Crippen LogP contribution >= 0.6 is 0 Å². The van der Waals surface area contributed by atoms with E-state index in [1.165, 1.54) is 0 Å². The predicted octanol–water partition coefficient (Wildman–Crippen LogP) is 2.72. The van der Waals surface area contributed by atoms with E-state index in [9.17, 15) is 4.79 Å². The van der Waals surface area contributed by atoms with Gasteiger partial charge in [0.1, 0.15) is 0 Å². The lowest BCUT2D eigenvalue weighted by molar-refractivity contribution is -0.106. The quantitative estimate of drug-likeness (QED) is 0.684. The lowest BCUT2D eigenvalue weighted by Crippen LogP contribution is -2.60. The summed E-state index contributed by atoms with van der Waals surface area (Å²) in [5, 5.41) is 15.2. The molecule has 1 aromatic rings. The summed E-state index contributed by atoms with van der Waals surface area (Å²) in [7, 11) is 1.79. The number of hydrogen-bond donors (Lipinski definition) is 3. The molecule has 2 rings (SSSR count). The third-order valence-corrected chi connectivity index (χ3v) is 5.69. The van der Waals surface area contributed by atoms with Crippen LogP contribution in [0.15, 0.2) is 18.2 Å². The molecule has 5 nitrogen and oxygen atoms in total. The van der Waals surface area contributed by atoms with Crippen LogP contribution in [-0.2, 0) is 4.74 Å². The van der Waals surface area contributed by atoms with Gasteiger partial charge in [-0.25, -0.2) is 0 Å². The van der Waals surface area contributed by atoms with Gasteiger partial charge in [0.15, 0.2) is 0 Å². The fraction of sp³-hybridized carbons (Fsp3) is 0.632. The zero-order chi connectivity index (χ0) is 17.7. The smallest absolute Gasteiger partial charge is 0.251 e. The molecule has 24 heavy (non-hydrogen) atoms. The predicted molar refractivity (Wildman–Crippen MR) is 96.4 cm³/mol. The van der Waals surface area contributed by atoms with E-state index in [0.29, 0.717) is 17.7 Å². The van der Waals surface area contributed by atoms with Crippen molar-refractivity contribution in [2.45, 2.75) is 52.2 Å². The van der Waals surface area contributed by atoms with Gasteiger partial charge in [-0.1, -0.05) is 19.9 Å². The van der Waals surface area contributed by atoms with E-state index in [1.807, 2.05) is 25.1 Å². The molecule has 0 heterocycles. The second-order valence-corrected chi connectivity index (χ2v) is 6.55. The molecule has 1 aliphatic carbocycles. The number of methoxy groups -OCH3 is 1. The van der Waals surface area contributed by atoms with Crippen molar-refractivity contribution in [2.75, 3.05) is 25.6 Å². The van der Waals surface area contributed by atoms with Crippen LogP contribution in [0, 0.1) is 12.3 Å². The summed E-state index contributed by atoms with van der Waals surface area (Å²) >= 11 is 0. The molecule has 0 aliphatic heterocycles. The van der Waals surface area contributed by atoms with Crippen LogP contribution in [-0.4, -0.2) is 43.4 Å². The molecule has 0 bridgehead atoms. The summed E-state index contributed by atoms with van der Waals surface area (Å²) in [5.41, 5.74) is 2.73. The minimum Gasteiger partial charge on any atom is -0.395 e. The van der Waals surface area contributed by atoms with Crippen LogP contribution in [0.25, 0.3) is 0 Å². The summed E-state index contributed by atoms with van der Waals surface area (Å²) in [6, 6.07) is 6.09. The summed E-state index contributed by atoms with van der Waals surface area (Å²) < 4.78 is 5.66. The van der Waals surface area contributed by atoms with Crippen LogP contribution in [0.2, 0.25) is 0 Å². The Kier molecular flexibility index (Phi) is 6.24. The van der Waals surface area contributed by atoms with Crippen molar-refractivity contribution in [1.29, 1.82) is 0 Å². The molecule has 0 saturated heterocycles. The van der Waals surface area contributed by atoms with E-state index in [4.69, 9.17) is 9.84 Å². The molecule has 2 unspecified atom stereocenters. The molecule has 3 N–H and O–H groups in total. The standard InChI is InChI=1S/C19H30N2O3/c1-5-19(6-2)16(12-17(19)24-4)21-15-9-7-8-14(13(15)3)18(23)20-10-11-22/h7-9,16-17,21-22H,5-6,10-12H2,1-4H3,(H,20,23). The Bertz CT molecular complexity index is 570. The van der Waals surface area contributed by atoms with Crippen LogP contribution in [0.4, 0.5) is 5.69 Å². The van der Waals surface area contributed by atoms with Crippen molar-refractivity contribution >= 4 is 11.6 Å². The second-order valence-electron chi connectivity index (χ2n) is 6.55. The average molecular weight is 334 g/mol. The van der Waals surface area contributed by atoms with Crippen molar-refractivity contribution in [3.05, 3.63) is 29.3 Å². The molecule has 5 heteroatoms. The third kappa shape index (κ3) is 3.28. The van der Waals surface area contributed by atoms with Gasteiger partial charge in [0.25, 0.3) is 5.91 Å². The molecule has 1 saturated carbocycles. The Hall–Kier alpha value is -1.59. The lowest BCUT2D eigenvalue weighted by atomic mass is 9.58. The highest BCUT2D eigenvalue weighted by Crippen LogP contribution is 2.50. The first-order chi connectivity index (χ1) is 11.5. The summed E-state index contributed by atoms with van der Waals surface area (Å²) in [5.74, 6) is -0.147. The van der Waals surface area contributed by atoms with Gasteiger partial charge in [-0.05, 0) is 43.9 Å². The molecule has 0 spiro atoms. The van der Waals surface area contributed by atoms with Gasteiger partial charge in [0.2, 0.25) is 0 Å². The maximum absolute atomic E-state index is 12.2. The number of nitrogens with one attached hydrogen (secondary N) is 2. The maximum Gasteiger partial charge on any atom is 0.251 e. The zero-order valence-electron chi connectivity index (χ0n) is 15.2. The molecular formula is C19H30N2O3. The van der Waals surface area contributed by atoms with Gasteiger partial charge in [-0.3, -0.25) is 4.79 Å². The van der Waals surface area contributed by atoms with E-state index in [-0.39, 0.29) is 24.5 Å². The highest BCUT2D eigenvalue weighted by molar-refractivity contribution is 5.97. The summed E-state index contributed by atoms with van der Waals surface area (Å²) in [4.78, 5) is 12.2. The number of ether oxygens (including phenoxy) is 1. The molecule has 2 atom stereocenters. The van der Waals surface area contributed by atoms with E-state index in [0.717, 1.165) is 30.5 Å². The first-order valence-corrected chi connectivity index (χ1v) is 8.82. The SMILES string of the molecule is CCC1(CC)C(Nc2cccc(C(=O)NCCO)c2C)CC1OC. The number of rotatable bonds is 8. The summed E-state index contributed by atoms with van der Waals surface area (Å²) in [6.45, 7) is 6.60. The Morgan fingerprint density at radius 1 is 1.38 bits per heavy atom. The first kappa shape index (κ1) is 18.7. The number of aliphatic hydroxyl groups is 1. The first-order valence-electron chi connectivity index (χ1n) is 8.82. The van der Waals surface area contributed by atoms with E-state index < -0.39 is 0 Å². The Morgan fingerprint density at radius 3 is 2.67 bits per heavy atom. The lowest BCUT2D eigenvalue weighted by Gasteiger charge is -2.55. The minimum absolute atomic E-state index is 0.0568. The van der Waals surface area contributed by atoms with Gasteiger partial charge in [0.05, 0.1) is 12.7 Å². The Morgan fingerprint density at radius 2 is 2.08 bits per heavy atom. The monoisotopic (exact) mass is 334 g/mol. The number of hydrogen-bond acceptors (Lipinski definition) is 4. The van der Waals surface area contributed by atoms with Crippen molar-refractivity contribution < 1.29 is 14.6 Å². The van der Waals surface area contributed by atoms with Gasteiger partial charge in [-0.2, -0.15) is 0 Å². The molecule has 1 amide bonds. The molecule has 1 aromatic carbocycles. The zero-order valence-corrected chi connectivity index (χ0v) is 15.2. The van der Waals surface area contributed by atoms with E-state index >= 15 is 0 Å². The molecular weight excluding hydrogens is 304 g/mol. The van der Waals surface area contributed by atoms with Crippen LogP contribution in [0.1, 0.15) is 49.0 Å². The van der Waals surface area contributed by atoms with Gasteiger partial charge in [0, 0.05) is 36.4 Å². The highest BCUT2D eigenvalue weighted by atomic mass is 16.5. The molecule has 1 fully saturated rings. The topological polar surface area (TPSA) is 70.6 Å². The van der Waals surface area contributed by atoms with Crippen molar-refractivity contribution in [3.63, 3.8) is 0 Å². The second kappa shape index (κ2) is 7.99. The van der Waals surface area contributed by atoms with Crippen LogP contribution < -0.4 is 10.6 Å². The van der Waals surface area contributed by atoms with Gasteiger partial charge in [-0.15, -0.1) is 0 Å². The molecule has 0 radical (unpaired) electrons. The van der Waals surface area contributed by atoms with Crippen molar-refractivity contribution in [3.8, 4) is 0 Å². The van der Waals surface area contributed by atoms with Crippen LogP contribution in [0.5, 0.6) is 0 Å². The highest BCUT2D eigenvalue weighted by Gasteiger charge is 2.53. The number of anilines is 1. The van der Waals surface area contributed by atoms with E-state index in [1.54, 1.807) is 7.11 Å². The number of aliphatic hydroxyl groups excluding tert-OH is 1. The third-order valence-electron chi connectivity index (χ3n) is 5.69. The largest absolute Gasteiger partial charge is 0.395 e. The van der Waals surface area contributed by atoms with Gasteiger partial charge < -0.3 is 20.5 Å². The Labute approximate surface area is 144 Å². The van der Waals surface area contributed by atoms with Crippen molar-refractivity contribution in [1.82, 2.24) is 5.32 Å². The Balaban J connectivity index is 2.17. The minimum atomic E-state index is -0.147. The van der Waals surface area contributed by atoms with E-state index in [2.05, 4.69) is 24.5 Å². The normalized spacial score (nSPS) is 21.9. The fourth-order valence-electron chi connectivity index (χ4n) is 3.97. The fourth-order valence-corrected chi connectivity index (χ4v) is 3.97. The average Bonchev–Trinajstić information content (AvgIpc) is 2.58. The molecule has 0 aromatic heterocycles. The maximum atomic E-state index is 12.2. The number of benzene rings is 1. The molecule has 1 aliphatic rings.